The highest BCUT2D eigenvalue weighted by atomic mass is 32.2. The summed E-state index contributed by atoms with van der Waals surface area (Å²) in [6.45, 7) is 3.76. The zero-order chi connectivity index (χ0) is 10.8. The Kier molecular flexibility index (Phi) is 2.64. The van der Waals surface area contributed by atoms with Gasteiger partial charge in [0.2, 0.25) is 5.89 Å². The topological polar surface area (TPSA) is 64.9 Å². The zero-order valence-corrected chi connectivity index (χ0v) is 9.34. The summed E-state index contributed by atoms with van der Waals surface area (Å²) in [5.74, 6) is 0.559. The summed E-state index contributed by atoms with van der Waals surface area (Å²) in [6.07, 6.45) is 0. The highest BCUT2D eigenvalue weighted by molar-refractivity contribution is 7.99. The molecule has 78 valence electrons. The van der Waals surface area contributed by atoms with Gasteiger partial charge in [-0.1, -0.05) is 6.07 Å². The van der Waals surface area contributed by atoms with Gasteiger partial charge >= 0.3 is 0 Å². The SMILES string of the molecule is Cc1ccc(Sc2nnc(C)o2)c(N)c1. The van der Waals surface area contributed by atoms with Crippen LogP contribution in [0.25, 0.3) is 0 Å². The summed E-state index contributed by atoms with van der Waals surface area (Å²) in [5.41, 5.74) is 7.74. The Balaban J connectivity index is 2.24. The molecule has 2 N–H and O–H groups in total. The monoisotopic (exact) mass is 221 g/mol. The molecule has 0 spiro atoms. The highest BCUT2D eigenvalue weighted by Gasteiger charge is 2.07. The van der Waals surface area contributed by atoms with Crippen molar-refractivity contribution in [3.63, 3.8) is 0 Å². The number of rotatable bonds is 2. The van der Waals surface area contributed by atoms with Crippen molar-refractivity contribution in [3.8, 4) is 0 Å². The summed E-state index contributed by atoms with van der Waals surface area (Å²) in [4.78, 5) is 0.934. The molecule has 5 heteroatoms. The predicted octanol–water partition coefficient (Wildman–Crippen LogP) is 2.42. The van der Waals surface area contributed by atoms with E-state index in [0.29, 0.717) is 11.1 Å². The molecule has 0 saturated heterocycles. The number of anilines is 1. The number of aryl methyl sites for hydroxylation is 2. The molecule has 0 amide bonds. The molecule has 0 aliphatic rings. The van der Waals surface area contributed by atoms with Crippen molar-refractivity contribution in [2.24, 2.45) is 0 Å². The van der Waals surface area contributed by atoms with E-state index in [-0.39, 0.29) is 0 Å². The molecule has 0 atom stereocenters. The van der Waals surface area contributed by atoms with E-state index in [2.05, 4.69) is 10.2 Å². The average molecular weight is 221 g/mol. The lowest BCUT2D eigenvalue weighted by molar-refractivity contribution is 0.429. The third kappa shape index (κ3) is 2.30. The second-order valence-electron chi connectivity index (χ2n) is 3.23. The molecule has 2 aromatic rings. The van der Waals surface area contributed by atoms with Crippen LogP contribution in [0.5, 0.6) is 0 Å². The third-order valence-electron chi connectivity index (χ3n) is 1.87. The summed E-state index contributed by atoms with van der Waals surface area (Å²) >= 11 is 1.38. The molecule has 0 unspecified atom stereocenters. The minimum Gasteiger partial charge on any atom is -0.416 e. The van der Waals surface area contributed by atoms with Gasteiger partial charge in [0, 0.05) is 17.5 Å². The molecule has 0 saturated carbocycles. The molecular weight excluding hydrogens is 210 g/mol. The standard InChI is InChI=1S/C10H11N3OS/c1-6-3-4-9(8(11)5-6)15-10-13-12-7(2)14-10/h3-5H,11H2,1-2H3. The van der Waals surface area contributed by atoms with E-state index in [1.807, 2.05) is 25.1 Å². The summed E-state index contributed by atoms with van der Waals surface area (Å²) in [6, 6.07) is 5.88. The summed E-state index contributed by atoms with van der Waals surface area (Å²) < 4.78 is 5.26. The number of aromatic nitrogens is 2. The lowest BCUT2D eigenvalue weighted by atomic mass is 10.2. The molecular formula is C10H11N3OS. The molecule has 1 aromatic carbocycles. The first-order valence-electron chi connectivity index (χ1n) is 4.49. The van der Waals surface area contributed by atoms with Crippen molar-refractivity contribution >= 4 is 17.4 Å². The number of nitrogens with zero attached hydrogens (tertiary/aromatic N) is 2. The number of hydrogen-bond donors (Lipinski definition) is 1. The van der Waals surface area contributed by atoms with Crippen LogP contribution in [0, 0.1) is 13.8 Å². The lowest BCUT2D eigenvalue weighted by Gasteiger charge is -2.02. The van der Waals surface area contributed by atoms with Gasteiger partial charge in [-0.2, -0.15) is 0 Å². The molecule has 0 aliphatic heterocycles. The maximum atomic E-state index is 5.87. The van der Waals surface area contributed by atoms with Crippen LogP contribution in [0.4, 0.5) is 5.69 Å². The Morgan fingerprint density at radius 1 is 1.27 bits per heavy atom. The van der Waals surface area contributed by atoms with Gasteiger partial charge in [0.05, 0.1) is 0 Å². The molecule has 2 rings (SSSR count). The number of nitrogens with two attached hydrogens (primary N) is 1. The first kappa shape index (κ1) is 10.0. The summed E-state index contributed by atoms with van der Waals surface area (Å²) in [5, 5.41) is 8.16. The van der Waals surface area contributed by atoms with Crippen molar-refractivity contribution in [3.05, 3.63) is 29.7 Å². The number of hydrogen-bond acceptors (Lipinski definition) is 5. The fraction of sp³-hybridized carbons (Fsp3) is 0.200. The molecule has 0 aliphatic carbocycles. The van der Waals surface area contributed by atoms with Gasteiger partial charge in [-0.25, -0.2) is 0 Å². The van der Waals surface area contributed by atoms with Crippen LogP contribution in [-0.2, 0) is 0 Å². The molecule has 0 fully saturated rings. The average Bonchev–Trinajstić information content (AvgIpc) is 2.56. The molecule has 1 heterocycles. The van der Waals surface area contributed by atoms with Crippen LogP contribution in [0.2, 0.25) is 0 Å². The van der Waals surface area contributed by atoms with E-state index in [9.17, 15) is 0 Å². The van der Waals surface area contributed by atoms with Crippen molar-refractivity contribution in [2.45, 2.75) is 24.0 Å². The molecule has 15 heavy (non-hydrogen) atoms. The van der Waals surface area contributed by atoms with Crippen molar-refractivity contribution in [1.82, 2.24) is 10.2 Å². The van der Waals surface area contributed by atoms with Gasteiger partial charge in [0.15, 0.2) is 0 Å². The van der Waals surface area contributed by atoms with Gasteiger partial charge < -0.3 is 10.2 Å². The van der Waals surface area contributed by atoms with Crippen LogP contribution in [0.1, 0.15) is 11.5 Å². The van der Waals surface area contributed by atoms with E-state index in [0.717, 1.165) is 16.1 Å². The largest absolute Gasteiger partial charge is 0.416 e. The maximum absolute atomic E-state index is 5.87. The molecule has 4 nitrogen and oxygen atoms in total. The van der Waals surface area contributed by atoms with E-state index < -0.39 is 0 Å². The van der Waals surface area contributed by atoms with Gasteiger partial charge in [0.25, 0.3) is 5.22 Å². The van der Waals surface area contributed by atoms with Crippen LogP contribution in [-0.4, -0.2) is 10.2 Å². The highest BCUT2D eigenvalue weighted by Crippen LogP contribution is 2.31. The van der Waals surface area contributed by atoms with Gasteiger partial charge in [-0.3, -0.25) is 0 Å². The first-order chi connectivity index (χ1) is 7.15. The van der Waals surface area contributed by atoms with Gasteiger partial charge in [-0.15, -0.1) is 10.2 Å². The second kappa shape index (κ2) is 3.94. The number of benzene rings is 1. The fourth-order valence-corrected chi connectivity index (χ4v) is 1.92. The van der Waals surface area contributed by atoms with Crippen LogP contribution in [0.15, 0.2) is 32.7 Å². The van der Waals surface area contributed by atoms with Gasteiger partial charge in [0.1, 0.15) is 0 Å². The van der Waals surface area contributed by atoms with Crippen LogP contribution < -0.4 is 5.73 Å². The molecule has 1 aromatic heterocycles. The van der Waals surface area contributed by atoms with Crippen molar-refractivity contribution in [1.29, 1.82) is 0 Å². The summed E-state index contributed by atoms with van der Waals surface area (Å²) in [7, 11) is 0. The lowest BCUT2D eigenvalue weighted by Crippen LogP contribution is -1.89. The normalized spacial score (nSPS) is 10.5. The quantitative estimate of drug-likeness (QED) is 0.789. The van der Waals surface area contributed by atoms with E-state index in [4.69, 9.17) is 10.2 Å². The molecule has 0 bridgehead atoms. The van der Waals surface area contributed by atoms with E-state index in [1.165, 1.54) is 11.8 Å². The van der Waals surface area contributed by atoms with Gasteiger partial charge in [-0.05, 0) is 36.4 Å². The maximum Gasteiger partial charge on any atom is 0.281 e. The smallest absolute Gasteiger partial charge is 0.281 e. The Labute approximate surface area is 91.9 Å². The van der Waals surface area contributed by atoms with E-state index in [1.54, 1.807) is 6.92 Å². The Hall–Kier alpha value is -1.49. The Morgan fingerprint density at radius 2 is 2.07 bits per heavy atom. The Bertz CT molecular complexity index is 481. The number of nitrogen functional groups attached to an aromatic ring is 1. The Morgan fingerprint density at radius 3 is 2.67 bits per heavy atom. The van der Waals surface area contributed by atoms with Crippen LogP contribution >= 0.6 is 11.8 Å². The molecule has 0 radical (unpaired) electrons. The second-order valence-corrected chi connectivity index (χ2v) is 4.22. The zero-order valence-electron chi connectivity index (χ0n) is 8.52. The van der Waals surface area contributed by atoms with Crippen molar-refractivity contribution in [2.75, 3.05) is 5.73 Å². The van der Waals surface area contributed by atoms with E-state index >= 15 is 0 Å². The van der Waals surface area contributed by atoms with Crippen molar-refractivity contribution < 1.29 is 4.42 Å². The predicted molar refractivity (Wildman–Crippen MR) is 58.7 cm³/mol. The fourth-order valence-electron chi connectivity index (χ4n) is 1.17. The first-order valence-corrected chi connectivity index (χ1v) is 5.31. The minimum atomic E-state index is 0.517. The third-order valence-corrected chi connectivity index (χ3v) is 2.80. The minimum absolute atomic E-state index is 0.517. The van der Waals surface area contributed by atoms with Crippen LogP contribution in [0.3, 0.4) is 0 Å².